The number of hydrogen-bond donors (Lipinski definition) is 0. The van der Waals surface area contributed by atoms with Gasteiger partial charge in [-0.15, -0.1) is 0 Å². The zero-order valence-electron chi connectivity index (χ0n) is 14.6. The van der Waals surface area contributed by atoms with Crippen LogP contribution in [0, 0.1) is 0 Å². The molecule has 0 spiro atoms. The third kappa shape index (κ3) is 4.07. The molecule has 6 heteroatoms. The van der Waals surface area contributed by atoms with Crippen molar-refractivity contribution in [3.05, 3.63) is 103 Å². The van der Waals surface area contributed by atoms with Gasteiger partial charge in [0.1, 0.15) is 0 Å². The van der Waals surface area contributed by atoms with Crippen LogP contribution in [0.1, 0.15) is 33.9 Å². The second-order valence-corrected chi connectivity index (χ2v) is 8.75. The summed E-state index contributed by atoms with van der Waals surface area (Å²) in [7, 11) is 0. The first kappa shape index (κ1) is 19.4. The lowest BCUT2D eigenvalue weighted by molar-refractivity contribution is 0.0711. The summed E-state index contributed by atoms with van der Waals surface area (Å²) in [5.74, 6) is -0.145. The van der Waals surface area contributed by atoms with Crippen LogP contribution < -0.4 is 0 Å². The molecule has 0 bridgehead atoms. The van der Waals surface area contributed by atoms with E-state index in [0.717, 1.165) is 25.8 Å². The van der Waals surface area contributed by atoms with Crippen molar-refractivity contribution in [3.8, 4) is 0 Å². The van der Waals surface area contributed by atoms with Crippen molar-refractivity contribution in [1.82, 2.24) is 5.01 Å². The normalized spacial score (nSPS) is 16.2. The Morgan fingerprint density at radius 3 is 2.36 bits per heavy atom. The largest absolute Gasteiger partial charge is 0.274 e. The number of halogens is 3. The number of benzene rings is 3. The Balaban J connectivity index is 1.73. The highest BCUT2D eigenvalue weighted by Gasteiger charge is 2.33. The smallest absolute Gasteiger partial charge is 0.267 e. The molecule has 0 saturated heterocycles. The molecular weight excluding hydrogens is 504 g/mol. The molecule has 3 aromatic rings. The molecule has 1 aliphatic rings. The maximum Gasteiger partial charge on any atom is 0.274 e. The van der Waals surface area contributed by atoms with E-state index in [1.807, 2.05) is 48.5 Å². The Kier molecular flexibility index (Phi) is 5.67. The van der Waals surface area contributed by atoms with Crippen LogP contribution in [0.25, 0.3) is 0 Å². The van der Waals surface area contributed by atoms with E-state index in [2.05, 4.69) is 31.9 Å². The van der Waals surface area contributed by atoms with Gasteiger partial charge in [0, 0.05) is 26.0 Å². The predicted molar refractivity (Wildman–Crippen MR) is 120 cm³/mol. The molecule has 3 nitrogen and oxygen atoms in total. The molecule has 0 saturated carbocycles. The third-order valence-electron chi connectivity index (χ3n) is 4.62. The molecule has 1 amide bonds. The number of amides is 1. The molecule has 3 aromatic carbocycles. The molecule has 0 radical (unpaired) electrons. The van der Waals surface area contributed by atoms with Gasteiger partial charge in [0.25, 0.3) is 5.91 Å². The maximum absolute atomic E-state index is 13.2. The van der Waals surface area contributed by atoms with Gasteiger partial charge >= 0.3 is 0 Å². The van der Waals surface area contributed by atoms with E-state index < -0.39 is 0 Å². The molecule has 1 atom stereocenters. The maximum atomic E-state index is 13.2. The van der Waals surface area contributed by atoms with Gasteiger partial charge < -0.3 is 0 Å². The van der Waals surface area contributed by atoms with Crippen LogP contribution in [-0.2, 0) is 0 Å². The number of nitrogens with zero attached hydrogens (tertiary/aromatic N) is 2. The van der Waals surface area contributed by atoms with Crippen molar-refractivity contribution in [2.45, 2.75) is 12.5 Å². The predicted octanol–water partition coefficient (Wildman–Crippen LogP) is 6.86. The second-order valence-electron chi connectivity index (χ2n) is 6.49. The van der Waals surface area contributed by atoms with Crippen molar-refractivity contribution in [2.75, 3.05) is 0 Å². The summed E-state index contributed by atoms with van der Waals surface area (Å²) in [5, 5.41) is 6.89. The van der Waals surface area contributed by atoms with E-state index in [9.17, 15) is 4.79 Å². The molecule has 0 N–H and O–H groups in total. The molecule has 0 unspecified atom stereocenters. The van der Waals surface area contributed by atoms with Gasteiger partial charge in [-0.2, -0.15) is 5.10 Å². The fourth-order valence-electron chi connectivity index (χ4n) is 3.21. The number of carbonyl (C=O) groups excluding carboxylic acids is 1. The molecular formula is C22H15Br2ClN2O. The van der Waals surface area contributed by atoms with Crippen molar-refractivity contribution < 1.29 is 4.79 Å². The molecule has 0 aromatic heterocycles. The van der Waals surface area contributed by atoms with E-state index in [0.29, 0.717) is 17.0 Å². The first-order chi connectivity index (χ1) is 13.5. The lowest BCUT2D eigenvalue weighted by Crippen LogP contribution is -2.27. The standard InChI is InChI=1S/C22H15Br2ClN2O/c23-17-8-4-14(5-9-17)20-13-21(16-2-1-3-18(24)12-16)27(26-20)22(28)15-6-10-19(25)11-7-15/h1-12,21H,13H2/t21-/m0/s1. The fraction of sp³-hybridized carbons (Fsp3) is 0.0909. The Labute approximate surface area is 185 Å². The van der Waals surface area contributed by atoms with Gasteiger partial charge in [-0.25, -0.2) is 5.01 Å². The molecule has 1 aliphatic heterocycles. The van der Waals surface area contributed by atoms with E-state index in [4.69, 9.17) is 16.7 Å². The van der Waals surface area contributed by atoms with E-state index in [1.54, 1.807) is 29.3 Å². The minimum Gasteiger partial charge on any atom is -0.267 e. The quantitative estimate of drug-likeness (QED) is 0.373. The SMILES string of the molecule is O=C(c1ccc(Cl)cc1)N1N=C(c2ccc(Br)cc2)C[C@H]1c1cccc(Br)c1. The third-order valence-corrected chi connectivity index (χ3v) is 5.89. The van der Waals surface area contributed by atoms with Crippen LogP contribution >= 0.6 is 43.5 Å². The van der Waals surface area contributed by atoms with Gasteiger partial charge in [-0.1, -0.05) is 67.7 Å². The minimum atomic E-state index is -0.167. The van der Waals surface area contributed by atoms with Crippen LogP contribution in [0.3, 0.4) is 0 Å². The van der Waals surface area contributed by atoms with Crippen LogP contribution in [0.5, 0.6) is 0 Å². The summed E-state index contributed by atoms with van der Waals surface area (Å²) in [6.07, 6.45) is 0.650. The van der Waals surface area contributed by atoms with Gasteiger partial charge in [-0.3, -0.25) is 4.79 Å². The Morgan fingerprint density at radius 2 is 1.68 bits per heavy atom. The molecule has 28 heavy (non-hydrogen) atoms. The van der Waals surface area contributed by atoms with Gasteiger partial charge in [-0.05, 0) is 59.7 Å². The van der Waals surface area contributed by atoms with Crippen molar-refractivity contribution in [1.29, 1.82) is 0 Å². The first-order valence-corrected chi connectivity index (χ1v) is 10.7. The number of hydrogen-bond acceptors (Lipinski definition) is 2. The first-order valence-electron chi connectivity index (χ1n) is 8.69. The summed E-state index contributed by atoms with van der Waals surface area (Å²) in [6, 6.07) is 22.7. The molecule has 0 fully saturated rings. The minimum absolute atomic E-state index is 0.145. The van der Waals surface area contributed by atoms with E-state index >= 15 is 0 Å². The van der Waals surface area contributed by atoms with Gasteiger partial charge in [0.15, 0.2) is 0 Å². The molecule has 4 rings (SSSR count). The Hall–Kier alpha value is -1.95. The zero-order valence-corrected chi connectivity index (χ0v) is 18.6. The second kappa shape index (κ2) is 8.19. The highest BCUT2D eigenvalue weighted by atomic mass is 79.9. The Morgan fingerprint density at radius 1 is 0.964 bits per heavy atom. The Bertz CT molecular complexity index is 1050. The van der Waals surface area contributed by atoms with Crippen molar-refractivity contribution in [3.63, 3.8) is 0 Å². The number of rotatable bonds is 3. The van der Waals surface area contributed by atoms with Gasteiger partial charge in [0.2, 0.25) is 0 Å². The lowest BCUT2D eigenvalue weighted by atomic mass is 9.98. The summed E-state index contributed by atoms with van der Waals surface area (Å²) >= 11 is 13.0. The average Bonchev–Trinajstić information content (AvgIpc) is 3.14. The average molecular weight is 519 g/mol. The van der Waals surface area contributed by atoms with Crippen molar-refractivity contribution >= 4 is 55.1 Å². The lowest BCUT2D eigenvalue weighted by Gasteiger charge is -2.22. The number of carbonyl (C=O) groups is 1. The number of hydrazone groups is 1. The summed E-state index contributed by atoms with van der Waals surface area (Å²) < 4.78 is 1.98. The fourth-order valence-corrected chi connectivity index (χ4v) is 4.02. The highest BCUT2D eigenvalue weighted by molar-refractivity contribution is 9.10. The van der Waals surface area contributed by atoms with Gasteiger partial charge in [0.05, 0.1) is 11.8 Å². The van der Waals surface area contributed by atoms with E-state index in [-0.39, 0.29) is 11.9 Å². The summed E-state index contributed by atoms with van der Waals surface area (Å²) in [5.41, 5.74) is 3.49. The van der Waals surface area contributed by atoms with E-state index in [1.165, 1.54) is 0 Å². The topological polar surface area (TPSA) is 32.7 Å². The van der Waals surface area contributed by atoms with Crippen LogP contribution in [0.15, 0.2) is 86.8 Å². The summed E-state index contributed by atoms with van der Waals surface area (Å²) in [4.78, 5) is 13.2. The highest BCUT2D eigenvalue weighted by Crippen LogP contribution is 2.35. The molecule has 1 heterocycles. The molecule has 140 valence electrons. The van der Waals surface area contributed by atoms with Crippen LogP contribution in [0.4, 0.5) is 0 Å². The van der Waals surface area contributed by atoms with Crippen LogP contribution in [0.2, 0.25) is 5.02 Å². The monoisotopic (exact) mass is 516 g/mol. The zero-order chi connectivity index (χ0) is 19.7. The van der Waals surface area contributed by atoms with Crippen LogP contribution in [-0.4, -0.2) is 16.6 Å². The van der Waals surface area contributed by atoms with Crippen molar-refractivity contribution in [2.24, 2.45) is 5.10 Å². The summed E-state index contributed by atoms with van der Waals surface area (Å²) in [6.45, 7) is 0. The molecule has 0 aliphatic carbocycles.